The molecule has 0 aliphatic heterocycles. The third kappa shape index (κ3) is 5.02. The summed E-state index contributed by atoms with van der Waals surface area (Å²) in [5, 5.41) is 3.03. The molecule has 5 nitrogen and oxygen atoms in total. The Kier molecular flexibility index (Phi) is 6.18. The Morgan fingerprint density at radius 3 is 2.86 bits per heavy atom. The SMILES string of the molecule is COCc1cccc(CNC(=O)COc2cccnc2Cl)c1. The van der Waals surface area contributed by atoms with Crippen LogP contribution in [0.1, 0.15) is 11.1 Å². The molecule has 22 heavy (non-hydrogen) atoms. The van der Waals surface area contributed by atoms with Crippen molar-refractivity contribution in [2.75, 3.05) is 13.7 Å². The monoisotopic (exact) mass is 320 g/mol. The molecule has 1 heterocycles. The maximum Gasteiger partial charge on any atom is 0.258 e. The van der Waals surface area contributed by atoms with Gasteiger partial charge >= 0.3 is 0 Å². The van der Waals surface area contributed by atoms with Crippen LogP contribution >= 0.6 is 11.6 Å². The molecule has 0 radical (unpaired) electrons. The van der Waals surface area contributed by atoms with Crippen LogP contribution in [-0.4, -0.2) is 24.6 Å². The van der Waals surface area contributed by atoms with Crippen LogP contribution in [-0.2, 0) is 22.7 Å². The molecule has 1 aromatic carbocycles. The van der Waals surface area contributed by atoms with Gasteiger partial charge in [0.1, 0.15) is 0 Å². The molecule has 0 saturated heterocycles. The minimum absolute atomic E-state index is 0.108. The summed E-state index contributed by atoms with van der Waals surface area (Å²) >= 11 is 5.85. The Hall–Kier alpha value is -2.11. The fourth-order valence-electron chi connectivity index (χ4n) is 1.87. The van der Waals surface area contributed by atoms with E-state index in [1.54, 1.807) is 25.4 Å². The van der Waals surface area contributed by atoms with E-state index in [0.29, 0.717) is 18.9 Å². The average molecular weight is 321 g/mol. The summed E-state index contributed by atoms with van der Waals surface area (Å²) in [5.41, 5.74) is 2.06. The van der Waals surface area contributed by atoms with E-state index in [-0.39, 0.29) is 17.7 Å². The first-order chi connectivity index (χ1) is 10.7. The molecule has 0 bridgehead atoms. The zero-order valence-electron chi connectivity index (χ0n) is 12.2. The smallest absolute Gasteiger partial charge is 0.258 e. The van der Waals surface area contributed by atoms with E-state index in [1.165, 1.54) is 0 Å². The van der Waals surface area contributed by atoms with Gasteiger partial charge in [-0.25, -0.2) is 4.98 Å². The molecule has 0 aliphatic carbocycles. The van der Waals surface area contributed by atoms with Crippen molar-refractivity contribution >= 4 is 17.5 Å². The highest BCUT2D eigenvalue weighted by molar-refractivity contribution is 6.30. The average Bonchev–Trinajstić information content (AvgIpc) is 2.53. The first-order valence-electron chi connectivity index (χ1n) is 6.76. The van der Waals surface area contributed by atoms with Gasteiger partial charge in [-0.15, -0.1) is 0 Å². The summed E-state index contributed by atoms with van der Waals surface area (Å²) in [6.45, 7) is 0.869. The zero-order valence-corrected chi connectivity index (χ0v) is 13.0. The number of carbonyl (C=O) groups is 1. The number of pyridine rings is 1. The maximum atomic E-state index is 11.8. The van der Waals surface area contributed by atoms with Crippen LogP contribution < -0.4 is 10.1 Å². The van der Waals surface area contributed by atoms with Gasteiger partial charge in [0.25, 0.3) is 5.91 Å². The first-order valence-corrected chi connectivity index (χ1v) is 7.13. The molecule has 1 amide bonds. The van der Waals surface area contributed by atoms with E-state index >= 15 is 0 Å². The van der Waals surface area contributed by atoms with Crippen LogP contribution in [0.4, 0.5) is 0 Å². The van der Waals surface area contributed by atoms with E-state index in [2.05, 4.69) is 10.3 Å². The highest BCUT2D eigenvalue weighted by Crippen LogP contribution is 2.19. The largest absolute Gasteiger partial charge is 0.481 e. The molecule has 2 rings (SSSR count). The van der Waals surface area contributed by atoms with Crippen molar-refractivity contribution in [2.45, 2.75) is 13.2 Å². The van der Waals surface area contributed by atoms with Crippen molar-refractivity contribution in [3.8, 4) is 5.75 Å². The molecule has 1 aromatic heterocycles. The van der Waals surface area contributed by atoms with Crippen LogP contribution in [0.3, 0.4) is 0 Å². The summed E-state index contributed by atoms with van der Waals surface area (Å²) in [5.74, 6) is 0.165. The second-order valence-electron chi connectivity index (χ2n) is 4.61. The van der Waals surface area contributed by atoms with Crippen LogP contribution in [0.2, 0.25) is 5.15 Å². The van der Waals surface area contributed by atoms with E-state index < -0.39 is 0 Å². The second kappa shape index (κ2) is 8.36. The molecule has 0 saturated carbocycles. The van der Waals surface area contributed by atoms with Gasteiger partial charge in [-0.05, 0) is 23.3 Å². The summed E-state index contributed by atoms with van der Waals surface area (Å²) < 4.78 is 10.4. The van der Waals surface area contributed by atoms with E-state index in [9.17, 15) is 4.79 Å². The number of nitrogens with zero attached hydrogens (tertiary/aromatic N) is 1. The van der Waals surface area contributed by atoms with Gasteiger partial charge in [-0.2, -0.15) is 0 Å². The highest BCUT2D eigenvalue weighted by atomic mass is 35.5. The minimum Gasteiger partial charge on any atom is -0.481 e. The van der Waals surface area contributed by atoms with Crippen LogP contribution in [0.25, 0.3) is 0 Å². The fraction of sp³-hybridized carbons (Fsp3) is 0.250. The van der Waals surface area contributed by atoms with Gasteiger partial charge < -0.3 is 14.8 Å². The van der Waals surface area contributed by atoms with E-state index in [0.717, 1.165) is 11.1 Å². The minimum atomic E-state index is -0.225. The van der Waals surface area contributed by atoms with Gasteiger partial charge in [-0.3, -0.25) is 4.79 Å². The molecule has 1 N–H and O–H groups in total. The van der Waals surface area contributed by atoms with E-state index in [1.807, 2.05) is 24.3 Å². The predicted molar refractivity (Wildman–Crippen MR) is 83.7 cm³/mol. The number of hydrogen-bond acceptors (Lipinski definition) is 4. The van der Waals surface area contributed by atoms with Crippen molar-refractivity contribution in [3.63, 3.8) is 0 Å². The van der Waals surface area contributed by atoms with Crippen LogP contribution in [0, 0.1) is 0 Å². The normalized spacial score (nSPS) is 10.3. The molecule has 0 atom stereocenters. The quantitative estimate of drug-likeness (QED) is 0.797. The lowest BCUT2D eigenvalue weighted by atomic mass is 10.1. The number of amides is 1. The van der Waals surface area contributed by atoms with Crippen molar-refractivity contribution < 1.29 is 14.3 Å². The number of benzene rings is 1. The van der Waals surface area contributed by atoms with Crippen molar-refractivity contribution in [1.82, 2.24) is 10.3 Å². The standard InChI is InChI=1S/C16H17ClN2O3/c1-21-10-13-5-2-4-12(8-13)9-19-15(20)11-22-14-6-3-7-18-16(14)17/h2-8H,9-11H2,1H3,(H,19,20). The number of methoxy groups -OCH3 is 1. The Morgan fingerprint density at radius 2 is 2.09 bits per heavy atom. The van der Waals surface area contributed by atoms with Crippen molar-refractivity contribution in [3.05, 3.63) is 58.9 Å². The number of aromatic nitrogens is 1. The number of rotatable bonds is 7. The molecule has 0 aliphatic rings. The molecule has 0 fully saturated rings. The van der Waals surface area contributed by atoms with Crippen molar-refractivity contribution in [2.24, 2.45) is 0 Å². The molecule has 2 aromatic rings. The Labute approximate surface area is 134 Å². The first kappa shape index (κ1) is 16.3. The number of ether oxygens (including phenoxy) is 2. The number of hydrogen-bond donors (Lipinski definition) is 1. The van der Waals surface area contributed by atoms with E-state index in [4.69, 9.17) is 21.1 Å². The van der Waals surface area contributed by atoms with Gasteiger partial charge in [0.05, 0.1) is 6.61 Å². The lowest BCUT2D eigenvalue weighted by molar-refractivity contribution is -0.123. The fourth-order valence-corrected chi connectivity index (χ4v) is 2.04. The summed E-state index contributed by atoms with van der Waals surface area (Å²) in [4.78, 5) is 15.7. The molecule has 6 heteroatoms. The zero-order chi connectivity index (χ0) is 15.8. The Morgan fingerprint density at radius 1 is 1.27 bits per heavy atom. The van der Waals surface area contributed by atoms with Gasteiger partial charge in [0.2, 0.25) is 0 Å². The lowest BCUT2D eigenvalue weighted by Crippen LogP contribution is -2.28. The molecule has 0 spiro atoms. The lowest BCUT2D eigenvalue weighted by Gasteiger charge is -2.09. The van der Waals surface area contributed by atoms with Gasteiger partial charge in [0, 0.05) is 19.9 Å². The van der Waals surface area contributed by atoms with Crippen LogP contribution in [0.5, 0.6) is 5.75 Å². The molecule has 116 valence electrons. The molecular weight excluding hydrogens is 304 g/mol. The predicted octanol–water partition coefficient (Wildman–Crippen LogP) is 2.58. The highest BCUT2D eigenvalue weighted by Gasteiger charge is 2.06. The second-order valence-corrected chi connectivity index (χ2v) is 4.97. The maximum absolute atomic E-state index is 11.8. The molecular formula is C16H17ClN2O3. The summed E-state index contributed by atoms with van der Waals surface area (Å²) in [6.07, 6.45) is 1.56. The number of nitrogens with one attached hydrogen (secondary N) is 1. The van der Waals surface area contributed by atoms with Crippen molar-refractivity contribution in [1.29, 1.82) is 0 Å². The Bertz CT molecular complexity index is 634. The topological polar surface area (TPSA) is 60.5 Å². The van der Waals surface area contributed by atoms with Gasteiger partial charge in [0.15, 0.2) is 17.5 Å². The van der Waals surface area contributed by atoms with Gasteiger partial charge in [-0.1, -0.05) is 35.9 Å². The Balaban J connectivity index is 1.80. The third-order valence-electron chi connectivity index (χ3n) is 2.88. The molecule has 0 unspecified atom stereocenters. The third-order valence-corrected chi connectivity index (χ3v) is 3.16. The summed E-state index contributed by atoms with van der Waals surface area (Å²) in [6, 6.07) is 11.2. The summed E-state index contributed by atoms with van der Waals surface area (Å²) in [7, 11) is 1.65. The number of halogens is 1. The number of carbonyl (C=O) groups excluding carboxylic acids is 1. The van der Waals surface area contributed by atoms with Crippen LogP contribution in [0.15, 0.2) is 42.6 Å².